The largest absolute Gasteiger partial charge is 0.301 e. The van der Waals surface area contributed by atoms with Gasteiger partial charge in [-0.1, -0.05) is 44.2 Å². The summed E-state index contributed by atoms with van der Waals surface area (Å²) in [6.07, 6.45) is 1.93. The van der Waals surface area contributed by atoms with Crippen LogP contribution in [-0.4, -0.2) is 16.7 Å². The minimum absolute atomic E-state index is 0.0452. The third-order valence-corrected chi connectivity index (χ3v) is 7.61. The predicted molar refractivity (Wildman–Crippen MR) is 91.4 cm³/mol. The minimum Gasteiger partial charge on any atom is -0.301 e. The Morgan fingerprint density at radius 2 is 1.96 bits per heavy atom. The maximum Gasteiger partial charge on any atom is 0.233 e. The Morgan fingerprint density at radius 3 is 2.57 bits per heavy atom. The zero-order valence-electron chi connectivity index (χ0n) is 13.6. The molecule has 2 bridgehead atoms. The van der Waals surface area contributed by atoms with E-state index in [4.69, 9.17) is 0 Å². The fourth-order valence-corrected chi connectivity index (χ4v) is 5.36. The molecule has 0 saturated heterocycles. The third-order valence-electron chi connectivity index (χ3n) is 6.65. The number of fused-ring (bicyclic) bond motifs is 3. The second-order valence-corrected chi connectivity index (χ2v) is 8.61. The van der Waals surface area contributed by atoms with Gasteiger partial charge in [-0.15, -0.1) is 0 Å². The quantitative estimate of drug-likeness (QED) is 0.906. The van der Waals surface area contributed by atoms with Gasteiger partial charge in [0, 0.05) is 11.8 Å². The molecule has 1 amide bonds. The number of hydrogen-bond donors (Lipinski definition) is 1. The van der Waals surface area contributed by atoms with Crippen LogP contribution >= 0.6 is 11.3 Å². The van der Waals surface area contributed by atoms with E-state index in [-0.39, 0.29) is 22.5 Å². The third kappa shape index (κ3) is 1.69. The second-order valence-electron chi connectivity index (χ2n) is 7.58. The van der Waals surface area contributed by atoms with E-state index in [0.29, 0.717) is 11.6 Å². The number of nitrogens with one attached hydrogen (secondary N) is 1. The number of thiazole rings is 1. The maximum absolute atomic E-state index is 13.1. The number of nitrogens with zero attached hydrogens (tertiary/aromatic N) is 1. The van der Waals surface area contributed by atoms with Crippen molar-refractivity contribution in [2.24, 2.45) is 16.2 Å². The zero-order chi connectivity index (χ0) is 16.5. The SMILES string of the molecule is CC12CCC(C(=O)Nc3nc4ccccc4s3)(CC1=O)C2(C)C. The molecule has 2 saturated carbocycles. The molecule has 4 nitrogen and oxygen atoms in total. The average molecular weight is 328 g/mol. The first kappa shape index (κ1) is 14.8. The highest BCUT2D eigenvalue weighted by molar-refractivity contribution is 7.22. The lowest BCUT2D eigenvalue weighted by Gasteiger charge is -2.38. The summed E-state index contributed by atoms with van der Waals surface area (Å²) in [5, 5.41) is 3.62. The van der Waals surface area contributed by atoms with Crippen LogP contribution in [0.25, 0.3) is 10.2 Å². The molecular formula is C18H20N2O2S. The lowest BCUT2D eigenvalue weighted by atomic mass is 9.64. The van der Waals surface area contributed by atoms with Crippen molar-refractivity contribution in [2.45, 2.75) is 40.0 Å². The molecule has 2 unspecified atom stereocenters. The van der Waals surface area contributed by atoms with Crippen LogP contribution in [-0.2, 0) is 9.59 Å². The highest BCUT2D eigenvalue weighted by Gasteiger charge is 2.72. The lowest BCUT2D eigenvalue weighted by Crippen LogP contribution is -2.43. The van der Waals surface area contributed by atoms with Crippen LogP contribution in [0.2, 0.25) is 0 Å². The lowest BCUT2D eigenvalue weighted by molar-refractivity contribution is -0.131. The molecule has 2 aliphatic carbocycles. The zero-order valence-corrected chi connectivity index (χ0v) is 14.4. The Balaban J connectivity index is 1.68. The Kier molecular flexibility index (Phi) is 2.84. The summed E-state index contributed by atoms with van der Waals surface area (Å²) in [5.41, 5.74) is -0.407. The van der Waals surface area contributed by atoms with Gasteiger partial charge in [-0.05, 0) is 30.4 Å². The molecule has 2 aliphatic rings. The average Bonchev–Trinajstić information content (AvgIpc) is 3.04. The summed E-state index contributed by atoms with van der Waals surface area (Å²) >= 11 is 1.48. The number of ketones is 1. The van der Waals surface area contributed by atoms with Gasteiger partial charge in [0.25, 0.3) is 0 Å². The number of carbonyl (C=O) groups excluding carboxylic acids is 2. The molecule has 0 aliphatic heterocycles. The van der Waals surface area contributed by atoms with Crippen LogP contribution in [0.3, 0.4) is 0 Å². The normalized spacial score (nSPS) is 31.7. The van der Waals surface area contributed by atoms with Crippen LogP contribution in [0, 0.1) is 16.2 Å². The molecule has 0 radical (unpaired) electrons. The number of carbonyl (C=O) groups is 2. The number of aromatic nitrogens is 1. The van der Waals surface area contributed by atoms with E-state index < -0.39 is 5.41 Å². The summed E-state index contributed by atoms with van der Waals surface area (Å²) < 4.78 is 1.05. The topological polar surface area (TPSA) is 59.1 Å². The van der Waals surface area contributed by atoms with E-state index in [1.54, 1.807) is 0 Å². The molecule has 2 aromatic rings. The molecule has 23 heavy (non-hydrogen) atoms. The summed E-state index contributed by atoms with van der Waals surface area (Å²) in [6, 6.07) is 7.84. The fraction of sp³-hybridized carbons (Fsp3) is 0.500. The molecule has 120 valence electrons. The monoisotopic (exact) mass is 328 g/mol. The number of anilines is 1. The second kappa shape index (κ2) is 4.41. The summed E-state index contributed by atoms with van der Waals surface area (Å²) in [6.45, 7) is 6.17. The van der Waals surface area contributed by atoms with E-state index in [0.717, 1.165) is 23.1 Å². The molecule has 1 N–H and O–H groups in total. The number of rotatable bonds is 2. The predicted octanol–water partition coefficient (Wildman–Crippen LogP) is 4.02. The van der Waals surface area contributed by atoms with Gasteiger partial charge in [-0.3, -0.25) is 9.59 Å². The Labute approximate surface area is 139 Å². The van der Waals surface area contributed by atoms with Crippen molar-refractivity contribution in [3.05, 3.63) is 24.3 Å². The van der Waals surface area contributed by atoms with Gasteiger partial charge in [0.05, 0.1) is 15.6 Å². The molecule has 4 rings (SSSR count). The van der Waals surface area contributed by atoms with Crippen molar-refractivity contribution in [3.8, 4) is 0 Å². The van der Waals surface area contributed by atoms with Gasteiger partial charge in [0.2, 0.25) is 5.91 Å². The standard InChI is InChI=1S/C18H20N2O2S/c1-16(2)17(3)8-9-18(16,10-13(17)21)14(22)20-15-19-11-6-4-5-7-12(11)23-15/h4-7H,8-10H2,1-3H3,(H,19,20,22). The molecule has 2 fully saturated rings. The summed E-state index contributed by atoms with van der Waals surface area (Å²) in [5.74, 6) is 0.185. The van der Waals surface area contributed by atoms with Gasteiger partial charge >= 0.3 is 0 Å². The smallest absolute Gasteiger partial charge is 0.233 e. The van der Waals surface area contributed by atoms with Gasteiger partial charge in [0.1, 0.15) is 5.78 Å². The van der Waals surface area contributed by atoms with E-state index in [2.05, 4.69) is 24.1 Å². The molecule has 1 heterocycles. The first-order chi connectivity index (χ1) is 10.8. The van der Waals surface area contributed by atoms with Gasteiger partial charge in [-0.25, -0.2) is 4.98 Å². The summed E-state index contributed by atoms with van der Waals surface area (Å²) in [4.78, 5) is 30.0. The van der Waals surface area contributed by atoms with Crippen molar-refractivity contribution in [1.29, 1.82) is 0 Å². The van der Waals surface area contributed by atoms with Crippen LogP contribution in [0.5, 0.6) is 0 Å². The van der Waals surface area contributed by atoms with E-state index in [1.165, 1.54) is 11.3 Å². The van der Waals surface area contributed by atoms with Crippen LogP contribution in [0.15, 0.2) is 24.3 Å². The summed E-state index contributed by atoms with van der Waals surface area (Å²) in [7, 11) is 0. The maximum atomic E-state index is 13.1. The number of amides is 1. The number of hydrogen-bond acceptors (Lipinski definition) is 4. The van der Waals surface area contributed by atoms with Crippen LogP contribution < -0.4 is 5.32 Å². The Morgan fingerprint density at radius 1 is 1.22 bits per heavy atom. The van der Waals surface area contributed by atoms with Crippen molar-refractivity contribution < 1.29 is 9.59 Å². The molecule has 5 heteroatoms. The van der Waals surface area contributed by atoms with Gasteiger partial charge in [0.15, 0.2) is 5.13 Å². The van der Waals surface area contributed by atoms with E-state index in [1.807, 2.05) is 31.2 Å². The van der Waals surface area contributed by atoms with Crippen molar-refractivity contribution >= 4 is 38.4 Å². The fourth-order valence-electron chi connectivity index (χ4n) is 4.50. The van der Waals surface area contributed by atoms with Crippen molar-refractivity contribution in [2.75, 3.05) is 5.32 Å². The molecule has 2 atom stereocenters. The molecule has 1 aromatic carbocycles. The minimum atomic E-state index is -0.601. The van der Waals surface area contributed by atoms with Crippen LogP contribution in [0.1, 0.15) is 40.0 Å². The number of benzene rings is 1. The van der Waals surface area contributed by atoms with Gasteiger partial charge in [-0.2, -0.15) is 0 Å². The van der Waals surface area contributed by atoms with E-state index in [9.17, 15) is 9.59 Å². The first-order valence-electron chi connectivity index (χ1n) is 8.01. The molecule has 1 aromatic heterocycles. The van der Waals surface area contributed by atoms with E-state index >= 15 is 0 Å². The highest BCUT2D eigenvalue weighted by atomic mass is 32.1. The molecule has 0 spiro atoms. The number of para-hydroxylation sites is 1. The van der Waals surface area contributed by atoms with Crippen molar-refractivity contribution in [3.63, 3.8) is 0 Å². The van der Waals surface area contributed by atoms with Crippen molar-refractivity contribution in [1.82, 2.24) is 4.98 Å². The Bertz CT molecular complexity index is 807. The Hall–Kier alpha value is -1.75. The van der Waals surface area contributed by atoms with Gasteiger partial charge < -0.3 is 5.32 Å². The number of Topliss-reactive ketones (excluding diaryl/α,β-unsaturated/α-hetero) is 1. The highest BCUT2D eigenvalue weighted by Crippen LogP contribution is 2.70. The molecular weight excluding hydrogens is 308 g/mol. The van der Waals surface area contributed by atoms with Crippen LogP contribution in [0.4, 0.5) is 5.13 Å². The first-order valence-corrected chi connectivity index (χ1v) is 8.82.